The predicted molar refractivity (Wildman–Crippen MR) is 34.3 cm³/mol. The van der Waals surface area contributed by atoms with Crippen LogP contribution < -0.4 is 0 Å². The summed E-state index contributed by atoms with van der Waals surface area (Å²) in [5.41, 5.74) is 0. The minimum absolute atomic E-state index is 0. The third kappa shape index (κ3) is 3.93. The Kier molecular flexibility index (Phi) is 6.56. The average Bonchev–Trinajstić information content (AvgIpc) is 1.65. The zero-order chi connectivity index (χ0) is 5.86. The maximum absolute atomic E-state index is 9.93. The molecule has 0 amide bonds. The molecule has 3 heteroatoms. The van der Waals surface area contributed by atoms with Crippen LogP contribution in [-0.2, 0) is 4.79 Å². The molecule has 0 aliphatic heterocycles. The number of halogens is 1. The molecular formula is C5H11ClO2. The molecule has 0 aromatic rings. The minimum atomic E-state index is -0.706. The molecule has 2 nitrogen and oxygen atoms in total. The lowest BCUT2D eigenvalue weighted by atomic mass is 10.1. The fourth-order valence-electron chi connectivity index (χ4n) is 0.175. The van der Waals surface area contributed by atoms with E-state index < -0.39 is 5.97 Å². The van der Waals surface area contributed by atoms with Crippen molar-refractivity contribution in [2.45, 2.75) is 20.3 Å². The zero-order valence-corrected chi connectivity index (χ0v) is 5.86. The van der Waals surface area contributed by atoms with Gasteiger partial charge in [-0.05, 0) is 6.42 Å². The smallest absolute Gasteiger partial charge is 0.306 e. The Labute approximate surface area is 55.3 Å². The molecule has 1 atom stereocenters. The van der Waals surface area contributed by atoms with E-state index in [0.717, 1.165) is 6.42 Å². The van der Waals surface area contributed by atoms with Gasteiger partial charge in [0.1, 0.15) is 0 Å². The van der Waals surface area contributed by atoms with Crippen LogP contribution in [0.2, 0.25) is 0 Å². The Balaban J connectivity index is 0. The van der Waals surface area contributed by atoms with Crippen LogP contribution in [0.1, 0.15) is 20.3 Å². The molecule has 1 N–H and O–H groups in total. The second kappa shape index (κ2) is 4.91. The first-order valence-electron chi connectivity index (χ1n) is 2.41. The van der Waals surface area contributed by atoms with Gasteiger partial charge in [-0.25, -0.2) is 0 Å². The molecular weight excluding hydrogens is 128 g/mol. The van der Waals surface area contributed by atoms with Crippen molar-refractivity contribution < 1.29 is 9.90 Å². The van der Waals surface area contributed by atoms with Gasteiger partial charge in [0, 0.05) is 0 Å². The number of carbonyl (C=O) groups is 1. The van der Waals surface area contributed by atoms with Crippen LogP contribution in [0, 0.1) is 5.92 Å². The molecule has 0 radical (unpaired) electrons. The Morgan fingerprint density at radius 3 is 2.12 bits per heavy atom. The standard InChI is InChI=1S/C5H10O2.ClH/c1-3-4(2)5(6)7;/h4H,3H2,1-2H3,(H,6,7);1H. The van der Waals surface area contributed by atoms with Gasteiger partial charge in [-0.1, -0.05) is 13.8 Å². The first kappa shape index (κ1) is 10.7. The van der Waals surface area contributed by atoms with Gasteiger partial charge in [0.25, 0.3) is 0 Å². The number of rotatable bonds is 2. The molecule has 0 bridgehead atoms. The topological polar surface area (TPSA) is 37.3 Å². The first-order chi connectivity index (χ1) is 3.18. The van der Waals surface area contributed by atoms with Gasteiger partial charge in [0.05, 0.1) is 5.92 Å². The third-order valence-corrected chi connectivity index (χ3v) is 1.03. The van der Waals surface area contributed by atoms with Gasteiger partial charge in [0.15, 0.2) is 0 Å². The second-order valence-corrected chi connectivity index (χ2v) is 1.65. The zero-order valence-electron chi connectivity index (χ0n) is 5.05. The third-order valence-electron chi connectivity index (χ3n) is 1.03. The van der Waals surface area contributed by atoms with Crippen molar-refractivity contribution in [2.24, 2.45) is 5.92 Å². The molecule has 1 unspecified atom stereocenters. The Hall–Kier alpha value is -0.240. The first-order valence-corrected chi connectivity index (χ1v) is 2.41. The quantitative estimate of drug-likeness (QED) is 0.629. The summed E-state index contributed by atoms with van der Waals surface area (Å²) in [7, 11) is 0. The van der Waals surface area contributed by atoms with Gasteiger partial charge in [-0.3, -0.25) is 4.79 Å². The summed E-state index contributed by atoms with van der Waals surface area (Å²) in [6.07, 6.45) is 0.718. The highest BCUT2D eigenvalue weighted by atomic mass is 35.5. The van der Waals surface area contributed by atoms with Crippen molar-refractivity contribution in [3.63, 3.8) is 0 Å². The highest BCUT2D eigenvalue weighted by Gasteiger charge is 2.05. The molecule has 0 fully saturated rings. The molecule has 0 aliphatic carbocycles. The molecule has 0 saturated heterocycles. The molecule has 0 rings (SSSR count). The number of carboxylic acid groups (broad SMARTS) is 1. The Morgan fingerprint density at radius 1 is 1.75 bits per heavy atom. The fourth-order valence-corrected chi connectivity index (χ4v) is 0.175. The number of aliphatic carboxylic acids is 1. The Bertz CT molecular complexity index is 72.8. The molecule has 0 heterocycles. The van der Waals surface area contributed by atoms with Crippen LogP contribution in [0.3, 0.4) is 0 Å². The summed E-state index contributed by atoms with van der Waals surface area (Å²) in [6.45, 7) is 3.56. The van der Waals surface area contributed by atoms with E-state index in [1.165, 1.54) is 0 Å². The van der Waals surface area contributed by atoms with Crippen molar-refractivity contribution in [1.29, 1.82) is 0 Å². The van der Waals surface area contributed by atoms with Crippen LogP contribution in [0.5, 0.6) is 0 Å². The lowest BCUT2D eigenvalue weighted by Crippen LogP contribution is -2.06. The molecule has 0 aromatic heterocycles. The van der Waals surface area contributed by atoms with Gasteiger partial charge < -0.3 is 5.11 Å². The van der Waals surface area contributed by atoms with Crippen LogP contribution in [0.25, 0.3) is 0 Å². The average molecular weight is 139 g/mol. The summed E-state index contributed by atoms with van der Waals surface area (Å²) >= 11 is 0. The molecule has 0 aliphatic rings. The van der Waals surface area contributed by atoms with Crippen molar-refractivity contribution in [3.8, 4) is 0 Å². The van der Waals surface area contributed by atoms with E-state index in [4.69, 9.17) is 5.11 Å². The molecule has 0 saturated carbocycles. The van der Waals surface area contributed by atoms with E-state index in [-0.39, 0.29) is 18.3 Å². The monoisotopic (exact) mass is 138 g/mol. The lowest BCUT2D eigenvalue weighted by molar-refractivity contribution is -0.141. The van der Waals surface area contributed by atoms with Crippen molar-refractivity contribution >= 4 is 18.4 Å². The van der Waals surface area contributed by atoms with Crippen molar-refractivity contribution in [3.05, 3.63) is 0 Å². The summed E-state index contributed by atoms with van der Waals surface area (Å²) in [4.78, 5) is 9.93. The highest BCUT2D eigenvalue weighted by Crippen LogP contribution is 1.97. The maximum Gasteiger partial charge on any atom is 0.306 e. The summed E-state index contributed by atoms with van der Waals surface area (Å²) in [6, 6.07) is 0. The van der Waals surface area contributed by atoms with Crippen LogP contribution in [-0.4, -0.2) is 11.1 Å². The van der Waals surface area contributed by atoms with E-state index in [0.29, 0.717) is 0 Å². The number of hydrogen-bond donors (Lipinski definition) is 1. The second-order valence-electron chi connectivity index (χ2n) is 1.65. The van der Waals surface area contributed by atoms with E-state index in [9.17, 15) is 4.79 Å². The molecule has 8 heavy (non-hydrogen) atoms. The molecule has 0 aromatic carbocycles. The van der Waals surface area contributed by atoms with Crippen molar-refractivity contribution in [2.75, 3.05) is 0 Å². The van der Waals surface area contributed by atoms with E-state index in [1.54, 1.807) is 6.92 Å². The van der Waals surface area contributed by atoms with E-state index >= 15 is 0 Å². The van der Waals surface area contributed by atoms with E-state index in [1.807, 2.05) is 6.92 Å². The van der Waals surface area contributed by atoms with Gasteiger partial charge in [0.2, 0.25) is 0 Å². The lowest BCUT2D eigenvalue weighted by Gasteiger charge is -1.96. The number of carboxylic acids is 1. The van der Waals surface area contributed by atoms with Gasteiger partial charge in [-0.15, -0.1) is 12.4 Å². The van der Waals surface area contributed by atoms with E-state index in [2.05, 4.69) is 0 Å². The molecule has 50 valence electrons. The van der Waals surface area contributed by atoms with Gasteiger partial charge >= 0.3 is 5.97 Å². The summed E-state index contributed by atoms with van der Waals surface area (Å²) in [5, 5.41) is 8.18. The maximum atomic E-state index is 9.93. The normalized spacial score (nSPS) is 11.8. The SMILES string of the molecule is CCC(C)C(=O)O.Cl. The number of hydrogen-bond acceptors (Lipinski definition) is 1. The minimum Gasteiger partial charge on any atom is -0.481 e. The van der Waals surface area contributed by atoms with Crippen LogP contribution >= 0.6 is 12.4 Å². The Morgan fingerprint density at radius 2 is 2.12 bits per heavy atom. The van der Waals surface area contributed by atoms with Crippen LogP contribution in [0.4, 0.5) is 0 Å². The predicted octanol–water partition coefficient (Wildman–Crippen LogP) is 1.54. The highest BCUT2D eigenvalue weighted by molar-refractivity contribution is 5.85. The fraction of sp³-hybridized carbons (Fsp3) is 0.800. The van der Waals surface area contributed by atoms with Crippen LogP contribution in [0.15, 0.2) is 0 Å². The van der Waals surface area contributed by atoms with Crippen molar-refractivity contribution in [1.82, 2.24) is 0 Å². The largest absolute Gasteiger partial charge is 0.481 e. The molecule has 0 spiro atoms. The van der Waals surface area contributed by atoms with Gasteiger partial charge in [-0.2, -0.15) is 0 Å². The summed E-state index contributed by atoms with van der Waals surface area (Å²) < 4.78 is 0. The summed E-state index contributed by atoms with van der Waals surface area (Å²) in [5.74, 6) is -0.887.